The van der Waals surface area contributed by atoms with Gasteiger partial charge >= 0.3 is 0 Å². The van der Waals surface area contributed by atoms with Crippen LogP contribution in [0.4, 0.5) is 0 Å². The van der Waals surface area contributed by atoms with E-state index in [1.54, 1.807) is 25.4 Å². The van der Waals surface area contributed by atoms with Gasteiger partial charge in [0.1, 0.15) is 5.82 Å². The molecular weight excluding hydrogens is 258 g/mol. The van der Waals surface area contributed by atoms with Crippen LogP contribution in [0.1, 0.15) is 23.9 Å². The van der Waals surface area contributed by atoms with Crippen LogP contribution >= 0.6 is 11.6 Å². The number of allylic oxidation sites excluding steroid dienone is 1. The zero-order valence-electron chi connectivity index (χ0n) is 10.7. The van der Waals surface area contributed by atoms with E-state index in [0.717, 1.165) is 16.7 Å². The largest absolute Gasteiger partial charge is 0.241 e. The lowest BCUT2D eigenvalue weighted by molar-refractivity contribution is 1.04. The van der Waals surface area contributed by atoms with Crippen LogP contribution in [0.15, 0.2) is 42.2 Å². The fourth-order valence-corrected chi connectivity index (χ4v) is 2.05. The van der Waals surface area contributed by atoms with E-state index in [1.165, 1.54) is 0 Å². The van der Waals surface area contributed by atoms with Gasteiger partial charge in [0.2, 0.25) is 0 Å². The Morgan fingerprint density at radius 1 is 1.21 bits per heavy atom. The fraction of sp³-hybridized carbons (Fsp3) is 0.133. The molecule has 3 nitrogen and oxygen atoms in total. The van der Waals surface area contributed by atoms with Gasteiger partial charge in [-0.1, -0.05) is 29.8 Å². The topological polar surface area (TPSA) is 49.6 Å². The van der Waals surface area contributed by atoms with Crippen LogP contribution in [-0.4, -0.2) is 9.97 Å². The van der Waals surface area contributed by atoms with Crippen LogP contribution in [0.25, 0.3) is 5.57 Å². The summed E-state index contributed by atoms with van der Waals surface area (Å²) in [6.45, 7) is 3.58. The smallest absolute Gasteiger partial charge is 0.125 e. The molecule has 0 saturated carbocycles. The minimum atomic E-state index is 0.584. The molecule has 0 spiro atoms. The van der Waals surface area contributed by atoms with Crippen LogP contribution < -0.4 is 0 Å². The number of benzene rings is 1. The number of aromatic nitrogens is 2. The molecule has 19 heavy (non-hydrogen) atoms. The Labute approximate surface area is 117 Å². The molecule has 1 heterocycles. The third-order valence-corrected chi connectivity index (χ3v) is 3.09. The molecule has 1 aromatic heterocycles. The van der Waals surface area contributed by atoms with E-state index in [4.69, 9.17) is 11.6 Å². The van der Waals surface area contributed by atoms with Gasteiger partial charge in [0.15, 0.2) is 0 Å². The lowest BCUT2D eigenvalue weighted by Crippen LogP contribution is -1.96. The van der Waals surface area contributed by atoms with Crippen molar-refractivity contribution in [1.29, 1.82) is 5.26 Å². The average molecular weight is 270 g/mol. The number of nitrogens with zero attached hydrogens (tertiary/aromatic N) is 3. The number of hydrogen-bond donors (Lipinski definition) is 0. The molecule has 0 radical (unpaired) electrons. The van der Waals surface area contributed by atoms with Crippen molar-refractivity contribution in [2.45, 2.75) is 13.8 Å². The Hall–Kier alpha value is -2.18. The zero-order valence-corrected chi connectivity index (χ0v) is 11.4. The van der Waals surface area contributed by atoms with Crippen LogP contribution in [-0.2, 0) is 0 Å². The maximum Gasteiger partial charge on any atom is 0.125 e. The van der Waals surface area contributed by atoms with E-state index < -0.39 is 0 Å². The van der Waals surface area contributed by atoms with E-state index in [2.05, 4.69) is 16.0 Å². The standard InChI is InChI=1S/C15H12ClN3/c1-10(7-17)15(12-8-18-11(2)19-9-12)13-5-3-4-6-14(13)16/h3-6,8-9H,1-2H3/b15-10-. The van der Waals surface area contributed by atoms with E-state index in [9.17, 15) is 5.26 Å². The van der Waals surface area contributed by atoms with Crippen LogP contribution in [0.2, 0.25) is 5.02 Å². The lowest BCUT2D eigenvalue weighted by atomic mass is 9.96. The van der Waals surface area contributed by atoms with Crippen molar-refractivity contribution >= 4 is 17.2 Å². The molecule has 0 amide bonds. The van der Waals surface area contributed by atoms with Gasteiger partial charge in [0, 0.05) is 39.7 Å². The Bertz CT molecular complexity index is 667. The molecule has 0 aliphatic rings. The van der Waals surface area contributed by atoms with Crippen molar-refractivity contribution < 1.29 is 0 Å². The number of hydrogen-bond acceptors (Lipinski definition) is 3. The summed E-state index contributed by atoms with van der Waals surface area (Å²) >= 11 is 6.22. The molecule has 0 atom stereocenters. The van der Waals surface area contributed by atoms with Gasteiger partial charge in [-0.15, -0.1) is 0 Å². The van der Waals surface area contributed by atoms with E-state index in [-0.39, 0.29) is 0 Å². The molecule has 0 N–H and O–H groups in total. The first kappa shape index (κ1) is 13.3. The van der Waals surface area contributed by atoms with Gasteiger partial charge in [0.05, 0.1) is 6.07 Å². The molecule has 0 unspecified atom stereocenters. The summed E-state index contributed by atoms with van der Waals surface area (Å²) in [4.78, 5) is 8.35. The van der Waals surface area contributed by atoms with Gasteiger partial charge < -0.3 is 0 Å². The fourth-order valence-electron chi connectivity index (χ4n) is 1.82. The molecular formula is C15H12ClN3. The highest BCUT2D eigenvalue weighted by Crippen LogP contribution is 2.31. The predicted octanol–water partition coefficient (Wildman–Crippen LogP) is 3.78. The van der Waals surface area contributed by atoms with Crippen LogP contribution in [0.3, 0.4) is 0 Å². The van der Waals surface area contributed by atoms with E-state index >= 15 is 0 Å². The average Bonchev–Trinajstić information content (AvgIpc) is 2.43. The number of halogens is 1. The predicted molar refractivity (Wildman–Crippen MR) is 75.5 cm³/mol. The second-order valence-corrected chi connectivity index (χ2v) is 4.52. The number of rotatable bonds is 2. The first-order chi connectivity index (χ1) is 9.13. The summed E-state index contributed by atoms with van der Waals surface area (Å²) in [5.41, 5.74) is 2.96. The second kappa shape index (κ2) is 5.64. The molecule has 0 aliphatic heterocycles. The molecule has 1 aromatic carbocycles. The van der Waals surface area contributed by atoms with Gasteiger partial charge in [-0.2, -0.15) is 5.26 Å². The summed E-state index contributed by atoms with van der Waals surface area (Å²) in [6.07, 6.45) is 3.42. The van der Waals surface area contributed by atoms with Crippen molar-refractivity contribution in [1.82, 2.24) is 9.97 Å². The third kappa shape index (κ3) is 2.81. The number of nitriles is 1. The number of aryl methyl sites for hydroxylation is 1. The molecule has 2 aromatic rings. The molecule has 0 bridgehead atoms. The minimum Gasteiger partial charge on any atom is -0.241 e. The molecule has 94 valence electrons. The third-order valence-electron chi connectivity index (χ3n) is 2.76. The van der Waals surface area contributed by atoms with Gasteiger partial charge in [-0.25, -0.2) is 9.97 Å². The lowest BCUT2D eigenvalue weighted by Gasteiger charge is -2.10. The summed E-state index contributed by atoms with van der Waals surface area (Å²) in [6, 6.07) is 9.61. The van der Waals surface area contributed by atoms with Gasteiger partial charge in [-0.3, -0.25) is 0 Å². The van der Waals surface area contributed by atoms with Crippen molar-refractivity contribution in [3.8, 4) is 6.07 Å². The van der Waals surface area contributed by atoms with E-state index in [0.29, 0.717) is 16.4 Å². The zero-order chi connectivity index (χ0) is 13.8. The van der Waals surface area contributed by atoms with E-state index in [1.807, 2.05) is 25.1 Å². The first-order valence-corrected chi connectivity index (χ1v) is 6.16. The van der Waals surface area contributed by atoms with Crippen LogP contribution in [0, 0.1) is 18.3 Å². The molecule has 2 rings (SSSR count). The van der Waals surface area contributed by atoms with Crippen molar-refractivity contribution in [3.05, 3.63) is 64.2 Å². The highest BCUT2D eigenvalue weighted by Gasteiger charge is 2.12. The SMILES string of the molecule is C/C(C#N)=C(\c1cnc(C)nc1)c1ccccc1Cl. The highest BCUT2D eigenvalue weighted by molar-refractivity contribution is 6.32. The van der Waals surface area contributed by atoms with Crippen molar-refractivity contribution in [3.63, 3.8) is 0 Å². The Balaban J connectivity index is 2.66. The Morgan fingerprint density at radius 2 is 1.84 bits per heavy atom. The molecule has 4 heteroatoms. The maximum absolute atomic E-state index is 9.18. The van der Waals surface area contributed by atoms with Gasteiger partial charge in [0.25, 0.3) is 0 Å². The van der Waals surface area contributed by atoms with Crippen molar-refractivity contribution in [2.24, 2.45) is 0 Å². The first-order valence-electron chi connectivity index (χ1n) is 5.78. The Kier molecular flexibility index (Phi) is 3.94. The molecule has 0 fully saturated rings. The summed E-state index contributed by atoms with van der Waals surface area (Å²) < 4.78 is 0. The highest BCUT2D eigenvalue weighted by atomic mass is 35.5. The monoisotopic (exact) mass is 269 g/mol. The quantitative estimate of drug-likeness (QED) is 0.780. The summed E-state index contributed by atoms with van der Waals surface area (Å²) in [7, 11) is 0. The summed E-state index contributed by atoms with van der Waals surface area (Å²) in [5.74, 6) is 0.692. The minimum absolute atomic E-state index is 0.584. The van der Waals surface area contributed by atoms with Crippen LogP contribution in [0.5, 0.6) is 0 Å². The molecule has 0 aliphatic carbocycles. The maximum atomic E-state index is 9.18. The Morgan fingerprint density at radius 3 is 2.42 bits per heavy atom. The normalized spacial score (nSPS) is 11.7. The second-order valence-electron chi connectivity index (χ2n) is 4.11. The van der Waals surface area contributed by atoms with Crippen molar-refractivity contribution in [2.75, 3.05) is 0 Å². The van der Waals surface area contributed by atoms with Gasteiger partial charge in [-0.05, 0) is 19.9 Å². The summed E-state index contributed by atoms with van der Waals surface area (Å²) in [5, 5.41) is 9.79. The molecule has 0 saturated heterocycles.